The zero-order valence-electron chi connectivity index (χ0n) is 10.6. The Balaban J connectivity index is 2.56. The maximum absolute atomic E-state index is 5.68. The highest BCUT2D eigenvalue weighted by Crippen LogP contribution is 2.22. The minimum atomic E-state index is 0.354. The third kappa shape index (κ3) is 5.26. The SMILES string of the molecule is CCCOc1cccnc1NC(C)CCCCl. The Kier molecular flexibility index (Phi) is 6.78. The third-order valence-electron chi connectivity index (χ3n) is 2.39. The number of nitrogens with zero attached hydrogens (tertiary/aromatic N) is 1. The molecule has 1 rings (SSSR count). The Labute approximate surface area is 109 Å². The predicted molar refractivity (Wildman–Crippen MR) is 73.1 cm³/mol. The van der Waals surface area contributed by atoms with Crippen LogP contribution in [-0.2, 0) is 0 Å². The molecule has 0 aliphatic heterocycles. The van der Waals surface area contributed by atoms with Crippen LogP contribution < -0.4 is 10.1 Å². The molecule has 0 saturated heterocycles. The lowest BCUT2D eigenvalue weighted by Gasteiger charge is -2.16. The summed E-state index contributed by atoms with van der Waals surface area (Å²) in [5.74, 6) is 2.35. The second kappa shape index (κ2) is 8.18. The molecule has 0 amide bonds. The second-order valence-electron chi connectivity index (χ2n) is 4.08. The Bertz CT molecular complexity index is 320. The first kappa shape index (κ1) is 14.1. The highest BCUT2D eigenvalue weighted by molar-refractivity contribution is 6.17. The minimum absolute atomic E-state index is 0.354. The van der Waals surface area contributed by atoms with E-state index in [1.54, 1.807) is 6.20 Å². The average Bonchev–Trinajstić information content (AvgIpc) is 2.35. The van der Waals surface area contributed by atoms with E-state index in [0.29, 0.717) is 11.9 Å². The Morgan fingerprint density at radius 3 is 3.06 bits per heavy atom. The Morgan fingerprint density at radius 1 is 1.53 bits per heavy atom. The fourth-order valence-corrected chi connectivity index (χ4v) is 1.67. The normalized spacial score (nSPS) is 12.2. The first-order chi connectivity index (χ1) is 8.27. The van der Waals surface area contributed by atoms with Gasteiger partial charge in [-0.1, -0.05) is 6.92 Å². The topological polar surface area (TPSA) is 34.1 Å². The van der Waals surface area contributed by atoms with Crippen LogP contribution in [-0.4, -0.2) is 23.5 Å². The third-order valence-corrected chi connectivity index (χ3v) is 2.65. The lowest BCUT2D eigenvalue weighted by Crippen LogP contribution is -2.17. The van der Waals surface area contributed by atoms with Gasteiger partial charge in [-0.3, -0.25) is 0 Å². The van der Waals surface area contributed by atoms with Crippen molar-refractivity contribution in [1.82, 2.24) is 4.98 Å². The maximum atomic E-state index is 5.68. The van der Waals surface area contributed by atoms with E-state index < -0.39 is 0 Å². The van der Waals surface area contributed by atoms with Gasteiger partial charge in [-0.05, 0) is 38.3 Å². The first-order valence-corrected chi connectivity index (χ1v) is 6.71. The fraction of sp³-hybridized carbons (Fsp3) is 0.615. The number of halogens is 1. The van der Waals surface area contributed by atoms with Gasteiger partial charge in [0.25, 0.3) is 0 Å². The molecule has 17 heavy (non-hydrogen) atoms. The number of hydrogen-bond acceptors (Lipinski definition) is 3. The molecule has 0 aliphatic rings. The van der Waals surface area contributed by atoms with Gasteiger partial charge < -0.3 is 10.1 Å². The summed E-state index contributed by atoms with van der Waals surface area (Å²) in [7, 11) is 0. The van der Waals surface area contributed by atoms with Crippen molar-refractivity contribution < 1.29 is 4.74 Å². The molecule has 1 unspecified atom stereocenters. The van der Waals surface area contributed by atoms with Crippen LogP contribution in [0.3, 0.4) is 0 Å². The van der Waals surface area contributed by atoms with Crippen molar-refractivity contribution in [3.63, 3.8) is 0 Å². The van der Waals surface area contributed by atoms with Gasteiger partial charge in [0.2, 0.25) is 0 Å². The van der Waals surface area contributed by atoms with Crippen LogP contribution in [0.2, 0.25) is 0 Å². The van der Waals surface area contributed by atoms with E-state index in [9.17, 15) is 0 Å². The molecule has 0 spiro atoms. The van der Waals surface area contributed by atoms with Gasteiger partial charge in [-0.2, -0.15) is 0 Å². The molecule has 0 fully saturated rings. The number of ether oxygens (including phenoxy) is 1. The number of aromatic nitrogens is 1. The first-order valence-electron chi connectivity index (χ1n) is 6.18. The summed E-state index contributed by atoms with van der Waals surface area (Å²) in [5, 5.41) is 3.36. The van der Waals surface area contributed by atoms with Crippen molar-refractivity contribution in [1.29, 1.82) is 0 Å². The van der Waals surface area contributed by atoms with E-state index in [1.165, 1.54) is 0 Å². The molecule has 96 valence electrons. The van der Waals surface area contributed by atoms with Gasteiger partial charge in [0.1, 0.15) is 0 Å². The van der Waals surface area contributed by atoms with Crippen LogP contribution in [0.5, 0.6) is 5.75 Å². The van der Waals surface area contributed by atoms with Gasteiger partial charge in [0.15, 0.2) is 11.6 Å². The van der Waals surface area contributed by atoms with E-state index in [-0.39, 0.29) is 0 Å². The smallest absolute Gasteiger partial charge is 0.168 e. The van der Waals surface area contributed by atoms with Crippen LogP contribution >= 0.6 is 11.6 Å². The summed E-state index contributed by atoms with van der Waals surface area (Å²) in [5.41, 5.74) is 0. The van der Waals surface area contributed by atoms with E-state index in [0.717, 1.165) is 37.4 Å². The Morgan fingerprint density at radius 2 is 2.35 bits per heavy atom. The monoisotopic (exact) mass is 256 g/mol. The molecule has 1 heterocycles. The van der Waals surface area contributed by atoms with Crippen molar-refractivity contribution in [3.05, 3.63) is 18.3 Å². The van der Waals surface area contributed by atoms with Gasteiger partial charge in [0, 0.05) is 18.1 Å². The molecule has 0 aromatic carbocycles. The lowest BCUT2D eigenvalue weighted by molar-refractivity contribution is 0.317. The minimum Gasteiger partial charge on any atom is -0.490 e. The number of pyridine rings is 1. The molecule has 0 bridgehead atoms. The summed E-state index contributed by atoms with van der Waals surface area (Å²) < 4.78 is 5.64. The van der Waals surface area contributed by atoms with Crippen molar-refractivity contribution in [3.8, 4) is 5.75 Å². The second-order valence-corrected chi connectivity index (χ2v) is 4.45. The van der Waals surface area contributed by atoms with Crippen LogP contribution in [0.1, 0.15) is 33.1 Å². The molecule has 1 aromatic rings. The highest BCUT2D eigenvalue weighted by Gasteiger charge is 2.07. The van der Waals surface area contributed by atoms with E-state index in [2.05, 4.69) is 24.1 Å². The van der Waals surface area contributed by atoms with Crippen molar-refractivity contribution in [2.75, 3.05) is 17.8 Å². The van der Waals surface area contributed by atoms with Gasteiger partial charge in [-0.15, -0.1) is 11.6 Å². The molecule has 1 aromatic heterocycles. The van der Waals surface area contributed by atoms with Crippen molar-refractivity contribution in [2.24, 2.45) is 0 Å². The van der Waals surface area contributed by atoms with E-state index in [1.807, 2.05) is 12.1 Å². The molecular formula is C13H21ClN2O. The van der Waals surface area contributed by atoms with Crippen LogP contribution in [0.25, 0.3) is 0 Å². The molecule has 1 N–H and O–H groups in total. The number of rotatable bonds is 8. The number of hydrogen-bond donors (Lipinski definition) is 1. The highest BCUT2D eigenvalue weighted by atomic mass is 35.5. The molecule has 4 heteroatoms. The van der Waals surface area contributed by atoms with Crippen molar-refractivity contribution >= 4 is 17.4 Å². The van der Waals surface area contributed by atoms with Crippen LogP contribution in [0, 0.1) is 0 Å². The molecule has 0 saturated carbocycles. The molecule has 0 radical (unpaired) electrons. The largest absolute Gasteiger partial charge is 0.490 e. The summed E-state index contributed by atoms with van der Waals surface area (Å²) in [4.78, 5) is 4.31. The predicted octanol–water partition coefficient (Wildman–Crippen LogP) is 3.69. The standard InChI is InChI=1S/C13H21ClN2O/c1-3-10-17-12-7-5-9-15-13(12)16-11(2)6-4-8-14/h5,7,9,11H,3-4,6,8,10H2,1-2H3,(H,15,16). The lowest BCUT2D eigenvalue weighted by atomic mass is 10.2. The van der Waals surface area contributed by atoms with Crippen LogP contribution in [0.4, 0.5) is 5.82 Å². The molecular weight excluding hydrogens is 236 g/mol. The number of alkyl halides is 1. The number of anilines is 1. The summed E-state index contributed by atoms with van der Waals surface area (Å²) in [6, 6.07) is 4.19. The summed E-state index contributed by atoms with van der Waals surface area (Å²) in [6.45, 7) is 4.94. The maximum Gasteiger partial charge on any atom is 0.168 e. The van der Waals surface area contributed by atoms with Crippen LogP contribution in [0.15, 0.2) is 18.3 Å². The molecule has 0 aliphatic carbocycles. The summed E-state index contributed by atoms with van der Waals surface area (Å²) >= 11 is 5.68. The van der Waals surface area contributed by atoms with E-state index in [4.69, 9.17) is 16.3 Å². The summed E-state index contributed by atoms with van der Waals surface area (Å²) in [6.07, 6.45) is 4.81. The quantitative estimate of drug-likeness (QED) is 0.721. The fourth-order valence-electron chi connectivity index (χ4n) is 1.52. The Hall–Kier alpha value is -0.960. The zero-order chi connectivity index (χ0) is 12.5. The van der Waals surface area contributed by atoms with E-state index >= 15 is 0 Å². The van der Waals surface area contributed by atoms with Gasteiger partial charge in [-0.25, -0.2) is 4.98 Å². The van der Waals surface area contributed by atoms with Crippen molar-refractivity contribution in [2.45, 2.75) is 39.2 Å². The zero-order valence-corrected chi connectivity index (χ0v) is 11.3. The van der Waals surface area contributed by atoms with Gasteiger partial charge in [0.05, 0.1) is 6.61 Å². The molecule has 3 nitrogen and oxygen atoms in total. The number of nitrogens with one attached hydrogen (secondary N) is 1. The average molecular weight is 257 g/mol. The molecule has 1 atom stereocenters. The van der Waals surface area contributed by atoms with Gasteiger partial charge >= 0.3 is 0 Å².